The molecule has 7 nitrogen and oxygen atoms in total. The summed E-state index contributed by atoms with van der Waals surface area (Å²) in [6.45, 7) is 2.01. The molecule has 0 saturated carbocycles. The molecule has 0 fully saturated rings. The van der Waals surface area contributed by atoms with E-state index in [1.807, 2.05) is 31.2 Å². The van der Waals surface area contributed by atoms with Crippen LogP contribution in [0.2, 0.25) is 0 Å². The third kappa shape index (κ3) is 4.46. The first kappa shape index (κ1) is 20.0. The van der Waals surface area contributed by atoms with E-state index < -0.39 is 10.0 Å². The molecule has 8 heteroatoms. The summed E-state index contributed by atoms with van der Waals surface area (Å²) in [5.74, 6) is 0.714. The predicted molar refractivity (Wildman–Crippen MR) is 99.2 cm³/mol. The number of benzene rings is 2. The Bertz CT molecular complexity index is 823. The Morgan fingerprint density at radius 2 is 1.54 bits per heavy atom. The van der Waals surface area contributed by atoms with Crippen LogP contribution in [0.4, 0.5) is 0 Å². The van der Waals surface area contributed by atoms with Gasteiger partial charge in [-0.1, -0.05) is 24.3 Å². The molecule has 0 aliphatic heterocycles. The van der Waals surface area contributed by atoms with E-state index in [-0.39, 0.29) is 29.0 Å². The zero-order valence-electron chi connectivity index (χ0n) is 15.3. The second-order valence-electron chi connectivity index (χ2n) is 5.72. The number of rotatable bonds is 8. The van der Waals surface area contributed by atoms with E-state index >= 15 is 0 Å². The monoisotopic (exact) mass is 380 g/mol. The highest BCUT2D eigenvalue weighted by Gasteiger charge is 2.26. The fourth-order valence-electron chi connectivity index (χ4n) is 2.43. The summed E-state index contributed by atoms with van der Waals surface area (Å²) in [6, 6.07) is 10.3. The van der Waals surface area contributed by atoms with Gasteiger partial charge in [-0.25, -0.2) is 13.1 Å². The molecule has 0 radical (unpaired) electrons. The Kier molecular flexibility index (Phi) is 6.47. The van der Waals surface area contributed by atoms with Crippen LogP contribution in [0.5, 0.6) is 17.2 Å². The fraction of sp³-hybridized carbons (Fsp3) is 0.333. The molecule has 1 atom stereocenters. The van der Waals surface area contributed by atoms with Crippen molar-refractivity contribution in [3.8, 4) is 17.2 Å². The van der Waals surface area contributed by atoms with Crippen molar-refractivity contribution in [3.05, 3.63) is 47.5 Å². The molecule has 2 rings (SSSR count). The van der Waals surface area contributed by atoms with Crippen molar-refractivity contribution >= 4 is 10.0 Å². The first-order valence-electron chi connectivity index (χ1n) is 7.96. The summed E-state index contributed by atoms with van der Waals surface area (Å²) in [5, 5.41) is 0. The van der Waals surface area contributed by atoms with Crippen LogP contribution in [0.25, 0.3) is 0 Å². The number of ether oxygens (including phenoxy) is 3. The van der Waals surface area contributed by atoms with Crippen LogP contribution in [-0.2, 0) is 16.6 Å². The van der Waals surface area contributed by atoms with Gasteiger partial charge in [-0.3, -0.25) is 0 Å². The number of sulfonamides is 1. The van der Waals surface area contributed by atoms with E-state index in [9.17, 15) is 8.42 Å². The molecule has 0 spiro atoms. The number of nitrogens with two attached hydrogens (primary N) is 1. The summed E-state index contributed by atoms with van der Waals surface area (Å²) in [4.78, 5) is -0.0736. The Labute approximate surface area is 154 Å². The molecular weight excluding hydrogens is 356 g/mol. The van der Waals surface area contributed by atoms with Crippen molar-refractivity contribution in [2.45, 2.75) is 24.4 Å². The van der Waals surface area contributed by atoms with Crippen LogP contribution in [-0.4, -0.2) is 29.7 Å². The maximum absolute atomic E-state index is 12.8. The predicted octanol–water partition coefficient (Wildman–Crippen LogP) is 2.21. The quantitative estimate of drug-likeness (QED) is 0.728. The van der Waals surface area contributed by atoms with Gasteiger partial charge in [-0.2, -0.15) is 0 Å². The lowest BCUT2D eigenvalue weighted by atomic mass is 10.1. The first-order chi connectivity index (χ1) is 12.3. The fourth-order valence-corrected chi connectivity index (χ4v) is 3.74. The van der Waals surface area contributed by atoms with Crippen LogP contribution < -0.4 is 24.7 Å². The molecule has 0 aliphatic rings. The van der Waals surface area contributed by atoms with Gasteiger partial charge in [-0.05, 0) is 18.1 Å². The van der Waals surface area contributed by atoms with Crippen molar-refractivity contribution < 1.29 is 22.6 Å². The van der Waals surface area contributed by atoms with E-state index in [1.54, 1.807) is 0 Å². The second kappa shape index (κ2) is 8.39. The minimum absolute atomic E-state index is 0.0736. The molecule has 142 valence electrons. The van der Waals surface area contributed by atoms with E-state index in [1.165, 1.54) is 33.5 Å². The molecule has 2 aromatic rings. The molecule has 0 saturated heterocycles. The maximum Gasteiger partial charge on any atom is 0.248 e. The average molecular weight is 380 g/mol. The van der Waals surface area contributed by atoms with Crippen LogP contribution >= 0.6 is 0 Å². The van der Waals surface area contributed by atoms with E-state index in [0.717, 1.165) is 11.1 Å². The molecule has 0 amide bonds. The Morgan fingerprint density at radius 1 is 1.00 bits per heavy atom. The molecule has 1 unspecified atom stereocenters. The molecular formula is C18H24N2O5S. The molecule has 3 N–H and O–H groups in total. The van der Waals surface area contributed by atoms with Gasteiger partial charge in [0, 0.05) is 24.7 Å². The van der Waals surface area contributed by atoms with Crippen molar-refractivity contribution in [2.75, 3.05) is 21.3 Å². The van der Waals surface area contributed by atoms with Crippen molar-refractivity contribution in [1.82, 2.24) is 4.72 Å². The van der Waals surface area contributed by atoms with Crippen molar-refractivity contribution in [2.24, 2.45) is 5.73 Å². The van der Waals surface area contributed by atoms with E-state index in [0.29, 0.717) is 5.75 Å². The maximum atomic E-state index is 12.8. The highest BCUT2D eigenvalue weighted by Crippen LogP contribution is 2.37. The van der Waals surface area contributed by atoms with E-state index in [2.05, 4.69) is 4.72 Å². The standard InChI is InChI=1S/C18H24N2O5S/c1-12(19)14-7-5-13(6-8-14)11-20-26(21,22)18-16(24-3)9-15(23-2)10-17(18)25-4/h5-10,12,20H,11,19H2,1-4H3. The van der Waals surface area contributed by atoms with Gasteiger partial charge in [0.15, 0.2) is 4.90 Å². The van der Waals surface area contributed by atoms with Crippen molar-refractivity contribution in [3.63, 3.8) is 0 Å². The minimum Gasteiger partial charge on any atom is -0.496 e. The average Bonchev–Trinajstić information content (AvgIpc) is 2.65. The topological polar surface area (TPSA) is 99.9 Å². The van der Waals surface area contributed by atoms with Gasteiger partial charge >= 0.3 is 0 Å². The van der Waals surface area contributed by atoms with Crippen molar-refractivity contribution in [1.29, 1.82) is 0 Å². The highest BCUT2D eigenvalue weighted by atomic mass is 32.2. The summed E-state index contributed by atoms with van der Waals surface area (Å²) in [7, 11) is 0.381. The van der Waals surface area contributed by atoms with Crippen LogP contribution in [0.15, 0.2) is 41.3 Å². The Balaban J connectivity index is 2.29. The lowest BCUT2D eigenvalue weighted by molar-refractivity contribution is 0.358. The van der Waals surface area contributed by atoms with Crippen LogP contribution in [0, 0.1) is 0 Å². The van der Waals surface area contributed by atoms with Crippen LogP contribution in [0.3, 0.4) is 0 Å². The second-order valence-corrected chi connectivity index (χ2v) is 7.42. The zero-order valence-corrected chi connectivity index (χ0v) is 16.1. The Morgan fingerprint density at radius 3 is 1.96 bits per heavy atom. The molecule has 26 heavy (non-hydrogen) atoms. The van der Waals surface area contributed by atoms with Gasteiger partial charge in [0.2, 0.25) is 10.0 Å². The lowest BCUT2D eigenvalue weighted by Crippen LogP contribution is -2.24. The summed E-state index contributed by atoms with van der Waals surface area (Å²) in [5.41, 5.74) is 7.61. The number of hydrogen-bond donors (Lipinski definition) is 2. The van der Waals surface area contributed by atoms with E-state index in [4.69, 9.17) is 19.9 Å². The molecule has 0 heterocycles. The number of nitrogens with one attached hydrogen (secondary N) is 1. The van der Waals surface area contributed by atoms with Gasteiger partial charge in [0.1, 0.15) is 17.2 Å². The smallest absolute Gasteiger partial charge is 0.248 e. The third-order valence-corrected chi connectivity index (χ3v) is 5.37. The molecule has 2 aromatic carbocycles. The Hall–Kier alpha value is -2.29. The van der Waals surface area contributed by atoms with Gasteiger partial charge in [-0.15, -0.1) is 0 Å². The molecule has 0 aromatic heterocycles. The third-order valence-electron chi connectivity index (χ3n) is 3.91. The normalized spacial score (nSPS) is 12.5. The zero-order chi connectivity index (χ0) is 19.3. The van der Waals surface area contributed by atoms with Crippen LogP contribution in [0.1, 0.15) is 24.1 Å². The van der Waals surface area contributed by atoms with Gasteiger partial charge in [0.25, 0.3) is 0 Å². The van der Waals surface area contributed by atoms with Gasteiger partial charge in [0.05, 0.1) is 21.3 Å². The number of hydrogen-bond acceptors (Lipinski definition) is 6. The summed E-state index contributed by atoms with van der Waals surface area (Å²) >= 11 is 0. The molecule has 0 aliphatic carbocycles. The summed E-state index contributed by atoms with van der Waals surface area (Å²) in [6.07, 6.45) is 0. The minimum atomic E-state index is -3.88. The SMILES string of the molecule is COc1cc(OC)c(S(=O)(=O)NCc2ccc(C(C)N)cc2)c(OC)c1. The molecule has 0 bridgehead atoms. The van der Waals surface area contributed by atoms with Gasteiger partial charge < -0.3 is 19.9 Å². The summed E-state index contributed by atoms with van der Waals surface area (Å²) < 4.78 is 43.8. The lowest BCUT2D eigenvalue weighted by Gasteiger charge is -2.16. The number of methoxy groups -OCH3 is 3. The largest absolute Gasteiger partial charge is 0.496 e. The first-order valence-corrected chi connectivity index (χ1v) is 9.44. The highest BCUT2D eigenvalue weighted by molar-refractivity contribution is 7.89.